The van der Waals surface area contributed by atoms with E-state index in [1.165, 1.54) is 0 Å². The number of hydrogen-bond acceptors (Lipinski definition) is 4. The van der Waals surface area contributed by atoms with Crippen LogP contribution in [0, 0.1) is 0 Å². The van der Waals surface area contributed by atoms with Crippen LogP contribution in [0.15, 0.2) is 0 Å². The van der Waals surface area contributed by atoms with E-state index in [4.69, 9.17) is 14.2 Å². The topological polar surface area (TPSA) is 39.7 Å². The van der Waals surface area contributed by atoms with E-state index in [1.54, 1.807) is 7.11 Å². The van der Waals surface area contributed by atoms with Crippen LogP contribution in [0.2, 0.25) is 0 Å². The maximum absolute atomic E-state index is 5.59. The van der Waals surface area contributed by atoms with Crippen LogP contribution in [0.5, 0.6) is 0 Å². The molecule has 12 heavy (non-hydrogen) atoms. The fourth-order valence-electron chi connectivity index (χ4n) is 1.66. The summed E-state index contributed by atoms with van der Waals surface area (Å²) < 4.78 is 15.8. The second-order valence-corrected chi connectivity index (χ2v) is 3.42. The lowest BCUT2D eigenvalue weighted by atomic mass is 10.1. The minimum Gasteiger partial charge on any atom is -0.383 e. The van der Waals surface area contributed by atoms with Crippen molar-refractivity contribution in [1.29, 1.82) is 0 Å². The van der Waals surface area contributed by atoms with Crippen LogP contribution in [-0.4, -0.2) is 45.3 Å². The fraction of sp³-hybridized carbons (Fsp3) is 1.00. The molecule has 70 valence electrons. The summed E-state index contributed by atoms with van der Waals surface area (Å²) in [4.78, 5) is 0. The van der Waals surface area contributed by atoms with Gasteiger partial charge in [-0.15, -0.1) is 0 Å². The molecule has 1 unspecified atom stereocenters. The smallest absolute Gasteiger partial charge is 0.166 e. The van der Waals surface area contributed by atoms with Crippen LogP contribution >= 0.6 is 0 Å². The Morgan fingerprint density at radius 3 is 3.00 bits per heavy atom. The zero-order chi connectivity index (χ0) is 8.44. The van der Waals surface area contributed by atoms with Crippen molar-refractivity contribution in [2.45, 2.75) is 18.2 Å². The number of ether oxygens (including phenoxy) is 3. The predicted molar refractivity (Wildman–Crippen MR) is 42.9 cm³/mol. The minimum absolute atomic E-state index is 0.179. The van der Waals surface area contributed by atoms with Gasteiger partial charge in [0.15, 0.2) is 5.72 Å². The average Bonchev–Trinajstić information content (AvgIpc) is 2.03. The van der Waals surface area contributed by atoms with Gasteiger partial charge in [-0.25, -0.2) is 0 Å². The summed E-state index contributed by atoms with van der Waals surface area (Å²) in [7, 11) is 1.72. The Morgan fingerprint density at radius 2 is 2.42 bits per heavy atom. The van der Waals surface area contributed by atoms with Gasteiger partial charge in [0, 0.05) is 13.2 Å². The Morgan fingerprint density at radius 1 is 1.58 bits per heavy atom. The molecule has 1 spiro atoms. The number of hydrogen-bond donors (Lipinski definition) is 1. The lowest BCUT2D eigenvalue weighted by molar-refractivity contribution is -0.248. The molecule has 0 aromatic heterocycles. The molecule has 2 heterocycles. The zero-order valence-corrected chi connectivity index (χ0v) is 7.34. The molecule has 4 nitrogen and oxygen atoms in total. The molecule has 1 N–H and O–H groups in total. The maximum Gasteiger partial charge on any atom is 0.166 e. The largest absolute Gasteiger partial charge is 0.383 e. The molecule has 2 fully saturated rings. The highest BCUT2D eigenvalue weighted by molar-refractivity contribution is 4.91. The highest BCUT2D eigenvalue weighted by Gasteiger charge is 2.43. The van der Waals surface area contributed by atoms with Gasteiger partial charge < -0.3 is 14.2 Å². The first-order valence-corrected chi connectivity index (χ1v) is 4.33. The molecule has 0 aromatic rings. The zero-order valence-electron chi connectivity index (χ0n) is 7.34. The van der Waals surface area contributed by atoms with Crippen LogP contribution in [0.4, 0.5) is 0 Å². The molecule has 0 saturated carbocycles. The minimum atomic E-state index is -0.179. The number of rotatable bonds is 2. The van der Waals surface area contributed by atoms with Crippen molar-refractivity contribution in [3.05, 3.63) is 0 Å². The van der Waals surface area contributed by atoms with Gasteiger partial charge in [-0.3, -0.25) is 5.32 Å². The summed E-state index contributed by atoms with van der Waals surface area (Å²) in [6.45, 7) is 2.91. The highest BCUT2D eigenvalue weighted by atomic mass is 16.6. The lowest BCUT2D eigenvalue weighted by Gasteiger charge is -2.47. The Bertz CT molecular complexity index is 156. The van der Waals surface area contributed by atoms with Crippen molar-refractivity contribution in [1.82, 2.24) is 5.32 Å². The molecule has 0 aromatic carbocycles. The summed E-state index contributed by atoms with van der Waals surface area (Å²) in [6.07, 6.45) is 1.02. The molecule has 2 rings (SSSR count). The third-order valence-corrected chi connectivity index (χ3v) is 2.35. The van der Waals surface area contributed by atoms with E-state index in [-0.39, 0.29) is 5.72 Å². The first-order valence-electron chi connectivity index (χ1n) is 4.33. The van der Waals surface area contributed by atoms with Gasteiger partial charge in [-0.05, 0) is 6.42 Å². The Labute approximate surface area is 72.2 Å². The van der Waals surface area contributed by atoms with Gasteiger partial charge in [-0.2, -0.15) is 0 Å². The van der Waals surface area contributed by atoms with Gasteiger partial charge in [0.1, 0.15) is 0 Å². The quantitative estimate of drug-likeness (QED) is 0.624. The second-order valence-electron chi connectivity index (χ2n) is 3.42. The molecule has 0 bridgehead atoms. The van der Waals surface area contributed by atoms with Gasteiger partial charge >= 0.3 is 0 Å². The van der Waals surface area contributed by atoms with Crippen LogP contribution in [-0.2, 0) is 14.2 Å². The van der Waals surface area contributed by atoms with E-state index < -0.39 is 0 Å². The van der Waals surface area contributed by atoms with Gasteiger partial charge in [-0.1, -0.05) is 0 Å². The van der Waals surface area contributed by atoms with E-state index in [0.717, 1.165) is 19.6 Å². The highest BCUT2D eigenvalue weighted by Crippen LogP contribution is 2.23. The van der Waals surface area contributed by atoms with E-state index >= 15 is 0 Å². The van der Waals surface area contributed by atoms with Crippen molar-refractivity contribution in [2.24, 2.45) is 0 Å². The molecule has 0 aliphatic carbocycles. The molecular formula is C8H15NO3. The first-order chi connectivity index (χ1) is 5.85. The third-order valence-electron chi connectivity index (χ3n) is 2.35. The lowest BCUT2D eigenvalue weighted by Crippen LogP contribution is -2.68. The summed E-state index contributed by atoms with van der Waals surface area (Å²) in [5.74, 6) is 0. The fourth-order valence-corrected chi connectivity index (χ4v) is 1.66. The molecule has 0 amide bonds. The molecule has 2 aliphatic heterocycles. The standard InChI is InChI=1S/C8H15NO3/c1-10-4-7-2-3-12-8(9-7)5-11-6-8/h7,9H,2-6H2,1H3. The Hall–Kier alpha value is -0.160. The second kappa shape index (κ2) is 3.30. The average molecular weight is 173 g/mol. The van der Waals surface area contributed by atoms with Crippen molar-refractivity contribution in [2.75, 3.05) is 33.5 Å². The van der Waals surface area contributed by atoms with Crippen molar-refractivity contribution < 1.29 is 14.2 Å². The monoisotopic (exact) mass is 173 g/mol. The summed E-state index contributed by atoms with van der Waals surface area (Å²) >= 11 is 0. The number of nitrogens with one attached hydrogen (secondary N) is 1. The molecule has 2 aliphatic rings. The summed E-state index contributed by atoms with van der Waals surface area (Å²) in [5, 5.41) is 3.40. The van der Waals surface area contributed by atoms with Crippen LogP contribution in [0.3, 0.4) is 0 Å². The maximum atomic E-state index is 5.59. The van der Waals surface area contributed by atoms with Gasteiger partial charge in [0.2, 0.25) is 0 Å². The molecule has 4 heteroatoms. The van der Waals surface area contributed by atoms with E-state index in [2.05, 4.69) is 5.32 Å². The third kappa shape index (κ3) is 1.47. The number of methoxy groups -OCH3 is 1. The molecule has 1 atom stereocenters. The van der Waals surface area contributed by atoms with Crippen LogP contribution < -0.4 is 5.32 Å². The van der Waals surface area contributed by atoms with Gasteiger partial charge in [0.25, 0.3) is 0 Å². The van der Waals surface area contributed by atoms with Crippen molar-refractivity contribution in [3.8, 4) is 0 Å². The van der Waals surface area contributed by atoms with Crippen molar-refractivity contribution in [3.63, 3.8) is 0 Å². The molecule has 0 radical (unpaired) electrons. The summed E-state index contributed by atoms with van der Waals surface area (Å²) in [5.41, 5.74) is -0.179. The van der Waals surface area contributed by atoms with Crippen molar-refractivity contribution >= 4 is 0 Å². The predicted octanol–water partition coefficient (Wildman–Crippen LogP) is -0.262. The van der Waals surface area contributed by atoms with E-state index in [9.17, 15) is 0 Å². The normalized spacial score (nSPS) is 33.2. The van der Waals surface area contributed by atoms with Crippen LogP contribution in [0.25, 0.3) is 0 Å². The van der Waals surface area contributed by atoms with E-state index in [1.807, 2.05) is 0 Å². The molecular weight excluding hydrogens is 158 g/mol. The SMILES string of the molecule is COCC1CCOC2(COC2)N1. The first kappa shape index (κ1) is 8.44. The van der Waals surface area contributed by atoms with Gasteiger partial charge in [0.05, 0.1) is 26.4 Å². The Kier molecular flexibility index (Phi) is 2.32. The van der Waals surface area contributed by atoms with E-state index in [0.29, 0.717) is 19.3 Å². The summed E-state index contributed by atoms with van der Waals surface area (Å²) in [6, 6.07) is 0.424. The molecule has 2 saturated heterocycles. The van der Waals surface area contributed by atoms with Crippen LogP contribution in [0.1, 0.15) is 6.42 Å². The Balaban J connectivity index is 1.85.